The second-order valence-electron chi connectivity index (χ2n) is 5.14. The molecule has 2 aromatic carbocycles. The van der Waals surface area contributed by atoms with Gasteiger partial charge >= 0.3 is 0 Å². The fourth-order valence-electron chi connectivity index (χ4n) is 2.58. The van der Waals surface area contributed by atoms with Crippen molar-refractivity contribution < 1.29 is 9.18 Å². The van der Waals surface area contributed by atoms with E-state index < -0.39 is 0 Å². The summed E-state index contributed by atoms with van der Waals surface area (Å²) in [6, 6.07) is 10.5. The van der Waals surface area contributed by atoms with Gasteiger partial charge in [-0.2, -0.15) is 0 Å². The summed E-state index contributed by atoms with van der Waals surface area (Å²) in [5, 5.41) is 1.20. The molecule has 0 spiro atoms. The molecule has 1 aliphatic carbocycles. The number of carbonyl (C=O) groups is 1. The Balaban J connectivity index is 2.05. The van der Waals surface area contributed by atoms with Gasteiger partial charge in [-0.25, -0.2) is 4.39 Å². The fourth-order valence-corrected chi connectivity index (χ4v) is 2.58. The van der Waals surface area contributed by atoms with E-state index in [0.29, 0.717) is 22.4 Å². The average molecular weight is 257 g/mol. The molecule has 0 bridgehead atoms. The SMILES string of the molecule is CN(C(=O)c1ccc(F)c2ccccc12)C1CCC1. The number of hydrogen-bond donors (Lipinski definition) is 0. The molecule has 2 nitrogen and oxygen atoms in total. The van der Waals surface area contributed by atoms with Gasteiger partial charge in [-0.15, -0.1) is 0 Å². The van der Waals surface area contributed by atoms with Crippen molar-refractivity contribution in [3.05, 3.63) is 47.8 Å². The molecule has 0 atom stereocenters. The lowest BCUT2D eigenvalue weighted by molar-refractivity contribution is 0.0654. The van der Waals surface area contributed by atoms with Gasteiger partial charge in [0, 0.05) is 24.0 Å². The van der Waals surface area contributed by atoms with E-state index in [1.54, 1.807) is 29.2 Å². The summed E-state index contributed by atoms with van der Waals surface area (Å²) in [6.07, 6.45) is 3.33. The Bertz CT molecular complexity index is 634. The Morgan fingerprint density at radius 3 is 2.47 bits per heavy atom. The molecule has 1 fully saturated rings. The molecule has 2 aromatic rings. The number of carbonyl (C=O) groups excluding carboxylic acids is 1. The minimum Gasteiger partial charge on any atom is -0.339 e. The van der Waals surface area contributed by atoms with Gasteiger partial charge in [-0.1, -0.05) is 24.3 Å². The van der Waals surface area contributed by atoms with E-state index in [9.17, 15) is 9.18 Å². The maximum absolute atomic E-state index is 13.7. The van der Waals surface area contributed by atoms with E-state index in [1.807, 2.05) is 13.1 Å². The van der Waals surface area contributed by atoms with Crippen LogP contribution in [0.1, 0.15) is 29.6 Å². The molecular weight excluding hydrogens is 241 g/mol. The highest BCUT2D eigenvalue weighted by Gasteiger charge is 2.27. The predicted octanol–water partition coefficient (Wildman–Crippen LogP) is 3.60. The van der Waals surface area contributed by atoms with Crippen LogP contribution in [0.2, 0.25) is 0 Å². The first-order valence-corrected chi connectivity index (χ1v) is 6.63. The summed E-state index contributed by atoms with van der Waals surface area (Å²) in [7, 11) is 1.84. The fraction of sp³-hybridized carbons (Fsp3) is 0.312. The van der Waals surface area contributed by atoms with E-state index in [1.165, 1.54) is 12.5 Å². The third-order valence-electron chi connectivity index (χ3n) is 4.04. The molecule has 19 heavy (non-hydrogen) atoms. The van der Waals surface area contributed by atoms with Crippen LogP contribution in [0, 0.1) is 5.82 Å². The van der Waals surface area contributed by atoms with Crippen molar-refractivity contribution in [2.75, 3.05) is 7.05 Å². The number of nitrogens with zero attached hydrogens (tertiary/aromatic N) is 1. The van der Waals surface area contributed by atoms with Crippen LogP contribution < -0.4 is 0 Å². The molecular formula is C16H16FNO. The first kappa shape index (κ1) is 12.2. The summed E-state index contributed by atoms with van der Waals surface area (Å²) in [5.41, 5.74) is 0.589. The first-order valence-electron chi connectivity index (χ1n) is 6.63. The molecule has 0 aromatic heterocycles. The number of benzene rings is 2. The third-order valence-corrected chi connectivity index (χ3v) is 4.04. The molecule has 0 unspecified atom stereocenters. The van der Waals surface area contributed by atoms with Gasteiger partial charge in [0.1, 0.15) is 5.82 Å². The van der Waals surface area contributed by atoms with E-state index >= 15 is 0 Å². The maximum Gasteiger partial charge on any atom is 0.254 e. The first-order chi connectivity index (χ1) is 9.18. The Hall–Kier alpha value is -1.90. The predicted molar refractivity (Wildman–Crippen MR) is 73.6 cm³/mol. The second kappa shape index (κ2) is 4.65. The summed E-state index contributed by atoms with van der Waals surface area (Å²) in [5.74, 6) is -0.292. The normalized spacial score (nSPS) is 15.3. The van der Waals surface area contributed by atoms with E-state index in [4.69, 9.17) is 0 Å². The number of rotatable bonds is 2. The summed E-state index contributed by atoms with van der Waals surface area (Å²) < 4.78 is 13.7. The summed E-state index contributed by atoms with van der Waals surface area (Å²) >= 11 is 0. The molecule has 0 aliphatic heterocycles. The van der Waals surface area contributed by atoms with Crippen LogP contribution in [0.15, 0.2) is 36.4 Å². The van der Waals surface area contributed by atoms with E-state index in [-0.39, 0.29) is 11.7 Å². The van der Waals surface area contributed by atoms with Crippen molar-refractivity contribution in [1.82, 2.24) is 4.90 Å². The molecule has 0 heterocycles. The molecule has 0 saturated heterocycles. The van der Waals surface area contributed by atoms with Crippen molar-refractivity contribution in [2.24, 2.45) is 0 Å². The molecule has 1 amide bonds. The Morgan fingerprint density at radius 2 is 1.84 bits per heavy atom. The minimum absolute atomic E-state index is 0.0131. The Kier molecular flexibility index (Phi) is 2.97. The van der Waals surface area contributed by atoms with Crippen molar-refractivity contribution in [3.63, 3.8) is 0 Å². The van der Waals surface area contributed by atoms with Crippen LogP contribution in [0.4, 0.5) is 4.39 Å². The Morgan fingerprint density at radius 1 is 1.16 bits per heavy atom. The minimum atomic E-state index is -0.279. The number of halogens is 1. The summed E-state index contributed by atoms with van der Waals surface area (Å²) in [6.45, 7) is 0. The van der Waals surface area contributed by atoms with Crippen LogP contribution in [0.5, 0.6) is 0 Å². The molecule has 98 valence electrons. The van der Waals surface area contributed by atoms with Crippen LogP contribution in [-0.4, -0.2) is 23.9 Å². The lowest BCUT2D eigenvalue weighted by Crippen LogP contribution is -2.41. The molecule has 0 radical (unpaired) electrons. The lowest BCUT2D eigenvalue weighted by Gasteiger charge is -2.35. The zero-order chi connectivity index (χ0) is 13.4. The van der Waals surface area contributed by atoms with E-state index in [0.717, 1.165) is 12.8 Å². The van der Waals surface area contributed by atoms with Gasteiger partial charge in [0.2, 0.25) is 0 Å². The van der Waals surface area contributed by atoms with Gasteiger partial charge in [0.05, 0.1) is 0 Å². The lowest BCUT2D eigenvalue weighted by atomic mass is 9.91. The molecule has 3 heteroatoms. The monoisotopic (exact) mass is 257 g/mol. The smallest absolute Gasteiger partial charge is 0.254 e. The average Bonchev–Trinajstić information content (AvgIpc) is 2.37. The number of hydrogen-bond acceptors (Lipinski definition) is 1. The van der Waals surface area contributed by atoms with Crippen LogP contribution in [0.25, 0.3) is 10.8 Å². The van der Waals surface area contributed by atoms with Gasteiger partial charge < -0.3 is 4.90 Å². The van der Waals surface area contributed by atoms with E-state index in [2.05, 4.69) is 0 Å². The molecule has 1 saturated carbocycles. The highest BCUT2D eigenvalue weighted by atomic mass is 19.1. The quantitative estimate of drug-likeness (QED) is 0.805. The third kappa shape index (κ3) is 1.99. The largest absolute Gasteiger partial charge is 0.339 e. The van der Waals surface area contributed by atoms with Gasteiger partial charge in [0.25, 0.3) is 5.91 Å². The highest BCUT2D eigenvalue weighted by molar-refractivity contribution is 6.07. The standard InChI is InChI=1S/C16H16FNO/c1-18(11-5-4-6-11)16(19)14-9-10-15(17)13-8-3-2-7-12(13)14/h2-3,7-11H,4-6H2,1H3. The van der Waals surface area contributed by atoms with Gasteiger partial charge in [-0.05, 0) is 36.8 Å². The van der Waals surface area contributed by atoms with Crippen molar-refractivity contribution in [2.45, 2.75) is 25.3 Å². The van der Waals surface area contributed by atoms with Gasteiger partial charge in [-0.3, -0.25) is 4.79 Å². The van der Waals surface area contributed by atoms with Gasteiger partial charge in [0.15, 0.2) is 0 Å². The zero-order valence-corrected chi connectivity index (χ0v) is 10.9. The zero-order valence-electron chi connectivity index (χ0n) is 10.9. The maximum atomic E-state index is 13.7. The van der Waals surface area contributed by atoms with Crippen molar-refractivity contribution >= 4 is 16.7 Å². The molecule has 1 aliphatic rings. The highest BCUT2D eigenvalue weighted by Crippen LogP contribution is 2.27. The number of fused-ring (bicyclic) bond motifs is 1. The number of amides is 1. The van der Waals surface area contributed by atoms with Crippen LogP contribution in [-0.2, 0) is 0 Å². The molecule has 0 N–H and O–H groups in total. The molecule has 3 rings (SSSR count). The van der Waals surface area contributed by atoms with Crippen molar-refractivity contribution in [3.8, 4) is 0 Å². The summed E-state index contributed by atoms with van der Waals surface area (Å²) in [4.78, 5) is 14.3. The van der Waals surface area contributed by atoms with Crippen LogP contribution >= 0.6 is 0 Å². The topological polar surface area (TPSA) is 20.3 Å². The Labute approximate surface area is 111 Å². The van der Waals surface area contributed by atoms with Crippen molar-refractivity contribution in [1.29, 1.82) is 0 Å². The van der Waals surface area contributed by atoms with Crippen LogP contribution in [0.3, 0.4) is 0 Å². The second-order valence-corrected chi connectivity index (χ2v) is 5.14.